The highest BCUT2D eigenvalue weighted by atomic mass is 16.4. The average molecular weight is 507 g/mol. The molecule has 1 N–H and O–H groups in total. The van der Waals surface area contributed by atoms with Gasteiger partial charge in [0.25, 0.3) is 0 Å². The average Bonchev–Trinajstić information content (AvgIpc) is 3.54. The minimum Gasteiger partial charge on any atom is -0.478 e. The van der Waals surface area contributed by atoms with Crippen molar-refractivity contribution in [2.24, 2.45) is 0 Å². The Hall–Kier alpha value is -4.19. The number of aromatic carboxylic acids is 1. The summed E-state index contributed by atoms with van der Waals surface area (Å²) in [4.78, 5) is 22.2. The van der Waals surface area contributed by atoms with Gasteiger partial charge in [-0.3, -0.25) is 4.57 Å². The Bertz CT molecular complexity index is 1580. The fourth-order valence-corrected chi connectivity index (χ4v) is 5.19. The molecule has 0 unspecified atom stereocenters. The van der Waals surface area contributed by atoms with Crippen molar-refractivity contribution in [3.05, 3.63) is 90.0 Å². The zero-order valence-electron chi connectivity index (χ0n) is 22.3. The molecule has 0 aliphatic carbocycles. The van der Waals surface area contributed by atoms with Crippen LogP contribution in [0, 0.1) is 6.92 Å². The van der Waals surface area contributed by atoms with Crippen LogP contribution < -0.4 is 0 Å². The van der Waals surface area contributed by atoms with Gasteiger partial charge in [0.05, 0.1) is 22.3 Å². The standard InChI is InChI=1S/C32H34N4O2/c1-4-6-13-29-34-26-16-14-24(31-33-18-20-35(31)19-7-5-2)21-28(26)36(29)27-17-15-25(23-11-9-8-10-12-23)30(22(27)3)32(37)38/h8-12,14-18,20-21H,4-7,13,19H2,1-3H3,(H,37,38). The summed E-state index contributed by atoms with van der Waals surface area (Å²) < 4.78 is 4.36. The molecule has 0 radical (unpaired) electrons. The minimum atomic E-state index is -0.929. The van der Waals surface area contributed by atoms with Crippen molar-refractivity contribution >= 4 is 17.0 Å². The maximum absolute atomic E-state index is 12.6. The van der Waals surface area contributed by atoms with E-state index in [-0.39, 0.29) is 0 Å². The van der Waals surface area contributed by atoms with E-state index in [9.17, 15) is 9.90 Å². The van der Waals surface area contributed by atoms with Gasteiger partial charge in [0, 0.05) is 30.9 Å². The van der Waals surface area contributed by atoms with Gasteiger partial charge in [0.15, 0.2) is 0 Å². The number of nitrogens with zero attached hydrogens (tertiary/aromatic N) is 4. The molecule has 0 aliphatic heterocycles. The van der Waals surface area contributed by atoms with Crippen LogP contribution in [0.15, 0.2) is 73.1 Å². The van der Waals surface area contributed by atoms with Gasteiger partial charge in [0.1, 0.15) is 11.6 Å². The van der Waals surface area contributed by atoms with Gasteiger partial charge in [-0.1, -0.05) is 63.1 Å². The Balaban J connectivity index is 1.72. The molecular formula is C32H34N4O2. The zero-order chi connectivity index (χ0) is 26.6. The molecule has 0 fully saturated rings. The number of fused-ring (bicyclic) bond motifs is 1. The molecule has 3 aromatic carbocycles. The molecule has 5 rings (SSSR count). The Morgan fingerprint density at radius 2 is 1.74 bits per heavy atom. The lowest BCUT2D eigenvalue weighted by molar-refractivity contribution is 0.0697. The van der Waals surface area contributed by atoms with Crippen LogP contribution in [0.4, 0.5) is 0 Å². The number of benzene rings is 3. The highest BCUT2D eigenvalue weighted by Crippen LogP contribution is 2.34. The summed E-state index contributed by atoms with van der Waals surface area (Å²) >= 11 is 0. The molecule has 0 saturated heterocycles. The van der Waals surface area contributed by atoms with Gasteiger partial charge in [-0.25, -0.2) is 14.8 Å². The molecule has 2 heterocycles. The van der Waals surface area contributed by atoms with Crippen molar-refractivity contribution < 1.29 is 9.90 Å². The van der Waals surface area contributed by atoms with Crippen molar-refractivity contribution in [1.82, 2.24) is 19.1 Å². The second-order valence-corrected chi connectivity index (χ2v) is 9.77. The van der Waals surface area contributed by atoms with E-state index in [1.807, 2.05) is 61.8 Å². The van der Waals surface area contributed by atoms with E-state index in [4.69, 9.17) is 4.98 Å². The minimum absolute atomic E-state index is 0.322. The number of hydrogen-bond donors (Lipinski definition) is 1. The number of unbranched alkanes of at least 4 members (excludes halogenated alkanes) is 2. The lowest BCUT2D eigenvalue weighted by Crippen LogP contribution is -2.09. The van der Waals surface area contributed by atoms with Crippen LogP contribution in [-0.4, -0.2) is 30.2 Å². The van der Waals surface area contributed by atoms with Crippen molar-refractivity contribution in [3.63, 3.8) is 0 Å². The van der Waals surface area contributed by atoms with Crippen LogP contribution >= 0.6 is 0 Å². The lowest BCUT2D eigenvalue weighted by Gasteiger charge is -2.17. The lowest BCUT2D eigenvalue weighted by atomic mass is 9.94. The number of imidazole rings is 2. The van der Waals surface area contributed by atoms with Gasteiger partial charge >= 0.3 is 5.97 Å². The number of carbonyl (C=O) groups is 1. The van der Waals surface area contributed by atoms with Crippen molar-refractivity contribution in [2.45, 2.75) is 59.4 Å². The number of carboxylic acid groups (broad SMARTS) is 1. The molecule has 0 bridgehead atoms. The molecule has 38 heavy (non-hydrogen) atoms. The molecule has 5 aromatic rings. The van der Waals surface area contributed by atoms with Gasteiger partial charge < -0.3 is 9.67 Å². The van der Waals surface area contributed by atoms with Crippen molar-refractivity contribution in [2.75, 3.05) is 0 Å². The van der Waals surface area contributed by atoms with E-state index in [2.05, 4.69) is 46.2 Å². The van der Waals surface area contributed by atoms with Crippen LogP contribution in [0.25, 0.3) is 39.2 Å². The predicted molar refractivity (Wildman–Crippen MR) is 153 cm³/mol. The molecular weight excluding hydrogens is 472 g/mol. The van der Waals surface area contributed by atoms with Crippen molar-refractivity contribution in [1.29, 1.82) is 0 Å². The second kappa shape index (κ2) is 11.1. The quantitative estimate of drug-likeness (QED) is 0.211. The molecule has 0 amide bonds. The fourth-order valence-electron chi connectivity index (χ4n) is 5.19. The Labute approximate surface area is 223 Å². The summed E-state index contributed by atoms with van der Waals surface area (Å²) in [6, 6.07) is 20.0. The summed E-state index contributed by atoms with van der Waals surface area (Å²) in [5.74, 6) is 0.951. The third kappa shape index (κ3) is 4.74. The topological polar surface area (TPSA) is 72.9 Å². The first-order valence-electron chi connectivity index (χ1n) is 13.5. The van der Waals surface area contributed by atoms with E-state index < -0.39 is 5.97 Å². The molecule has 0 saturated carbocycles. The van der Waals surface area contributed by atoms with Gasteiger partial charge in [0.2, 0.25) is 0 Å². The van der Waals surface area contributed by atoms with Gasteiger partial charge in [-0.15, -0.1) is 0 Å². The second-order valence-electron chi connectivity index (χ2n) is 9.77. The van der Waals surface area contributed by atoms with Crippen molar-refractivity contribution in [3.8, 4) is 28.2 Å². The van der Waals surface area contributed by atoms with Crippen LogP contribution in [0.5, 0.6) is 0 Å². The predicted octanol–water partition coefficient (Wildman–Crippen LogP) is 7.71. The zero-order valence-corrected chi connectivity index (χ0v) is 22.3. The molecule has 0 atom stereocenters. The van der Waals surface area contributed by atoms with Gasteiger partial charge in [-0.05, 0) is 60.7 Å². The smallest absolute Gasteiger partial charge is 0.336 e. The fraction of sp³-hybridized carbons (Fsp3) is 0.281. The molecule has 2 aromatic heterocycles. The van der Waals surface area contributed by atoms with Crippen LogP contribution in [0.1, 0.15) is 61.3 Å². The third-order valence-corrected chi connectivity index (χ3v) is 7.18. The summed E-state index contributed by atoms with van der Waals surface area (Å²) in [5.41, 5.74) is 6.40. The molecule has 0 spiro atoms. The number of aryl methyl sites for hydroxylation is 2. The Morgan fingerprint density at radius 1 is 0.947 bits per heavy atom. The summed E-state index contributed by atoms with van der Waals surface area (Å²) in [6.07, 6.45) is 8.97. The van der Waals surface area contributed by atoms with Gasteiger partial charge in [-0.2, -0.15) is 0 Å². The van der Waals surface area contributed by atoms with Crippen LogP contribution in [-0.2, 0) is 13.0 Å². The number of aromatic nitrogens is 4. The highest BCUT2D eigenvalue weighted by molar-refractivity contribution is 5.99. The molecule has 0 aliphatic rings. The summed E-state index contributed by atoms with van der Waals surface area (Å²) in [6.45, 7) is 7.19. The number of rotatable bonds is 10. The monoisotopic (exact) mass is 506 g/mol. The molecule has 6 heteroatoms. The first-order chi connectivity index (χ1) is 18.5. The first kappa shape index (κ1) is 25.5. The summed E-state index contributed by atoms with van der Waals surface area (Å²) in [5, 5.41) is 10.3. The Kier molecular flexibility index (Phi) is 7.40. The molecule has 194 valence electrons. The summed E-state index contributed by atoms with van der Waals surface area (Å²) in [7, 11) is 0. The van der Waals surface area contributed by atoms with E-state index in [1.54, 1.807) is 0 Å². The molecule has 6 nitrogen and oxygen atoms in total. The van der Waals surface area contributed by atoms with E-state index >= 15 is 0 Å². The maximum atomic E-state index is 12.6. The highest BCUT2D eigenvalue weighted by Gasteiger charge is 2.22. The van der Waals surface area contributed by atoms with E-state index in [1.165, 1.54) is 0 Å². The number of hydrogen-bond acceptors (Lipinski definition) is 3. The first-order valence-corrected chi connectivity index (χ1v) is 13.5. The largest absolute Gasteiger partial charge is 0.478 e. The van der Waals surface area contributed by atoms with Crippen LogP contribution in [0.3, 0.4) is 0 Å². The van der Waals surface area contributed by atoms with Crippen LogP contribution in [0.2, 0.25) is 0 Å². The Morgan fingerprint density at radius 3 is 2.47 bits per heavy atom. The third-order valence-electron chi connectivity index (χ3n) is 7.18. The number of carboxylic acids is 1. The maximum Gasteiger partial charge on any atom is 0.336 e. The van der Waals surface area contributed by atoms with E-state index in [0.29, 0.717) is 5.56 Å². The SMILES string of the molecule is CCCCc1nc2ccc(-c3nccn3CCCC)cc2n1-c1ccc(-c2ccccc2)c(C(=O)O)c1C. The normalized spacial score (nSPS) is 11.3. The van der Waals surface area contributed by atoms with E-state index in [0.717, 1.165) is 89.3 Å².